The van der Waals surface area contributed by atoms with E-state index >= 15 is 0 Å². The Hall–Kier alpha value is -6.05. The summed E-state index contributed by atoms with van der Waals surface area (Å²) in [7, 11) is 0. The summed E-state index contributed by atoms with van der Waals surface area (Å²) < 4.78 is 0. The van der Waals surface area contributed by atoms with Crippen molar-refractivity contribution in [2.45, 2.75) is 13.3 Å². The molecule has 9 aromatic rings. The lowest BCUT2D eigenvalue weighted by atomic mass is 9.84. The van der Waals surface area contributed by atoms with E-state index in [9.17, 15) is 0 Å². The fourth-order valence-electron chi connectivity index (χ4n) is 7.57. The topological polar surface area (TPSA) is 12.9 Å². The molecular formula is C47H33N. The number of rotatable bonds is 5. The molecule has 0 aliphatic rings. The van der Waals surface area contributed by atoms with E-state index in [0.29, 0.717) is 0 Å². The maximum absolute atomic E-state index is 4.18. The van der Waals surface area contributed by atoms with Crippen LogP contribution in [0.2, 0.25) is 0 Å². The average molecular weight is 612 g/mol. The van der Waals surface area contributed by atoms with Crippen LogP contribution >= 0.6 is 0 Å². The highest BCUT2D eigenvalue weighted by Crippen LogP contribution is 2.46. The monoisotopic (exact) mass is 611 g/mol. The Balaban J connectivity index is 1.26. The molecule has 0 saturated heterocycles. The van der Waals surface area contributed by atoms with E-state index in [-0.39, 0.29) is 0 Å². The molecule has 0 fully saturated rings. The minimum absolute atomic E-state index is 1.04. The number of nitrogens with zero attached hydrogens (tertiary/aromatic N) is 1. The van der Waals surface area contributed by atoms with Crippen molar-refractivity contribution in [3.05, 3.63) is 176 Å². The van der Waals surface area contributed by atoms with E-state index < -0.39 is 0 Å². The predicted octanol–water partition coefficient (Wildman–Crippen LogP) is 12.9. The third-order valence-electron chi connectivity index (χ3n) is 9.93. The van der Waals surface area contributed by atoms with E-state index in [1.54, 1.807) is 0 Å². The minimum Gasteiger partial charge on any atom is -0.265 e. The van der Waals surface area contributed by atoms with Crippen LogP contribution in [0.25, 0.3) is 87.6 Å². The van der Waals surface area contributed by atoms with E-state index in [1.807, 2.05) is 12.4 Å². The number of aromatic nitrogens is 1. The zero-order valence-electron chi connectivity index (χ0n) is 26.8. The normalized spacial score (nSPS) is 11.5. The number of hydrogen-bond acceptors (Lipinski definition) is 1. The van der Waals surface area contributed by atoms with Crippen molar-refractivity contribution in [3.8, 4) is 44.5 Å². The number of hydrogen-bond donors (Lipinski definition) is 0. The Morgan fingerprint density at radius 2 is 0.875 bits per heavy atom. The Kier molecular flexibility index (Phi) is 6.83. The molecule has 1 heteroatoms. The molecule has 0 amide bonds. The van der Waals surface area contributed by atoms with Gasteiger partial charge in [0.2, 0.25) is 0 Å². The maximum atomic E-state index is 4.18. The van der Waals surface area contributed by atoms with Crippen LogP contribution in [-0.4, -0.2) is 4.98 Å². The lowest BCUT2D eigenvalue weighted by Gasteiger charge is -2.19. The smallest absolute Gasteiger partial charge is 0.0273 e. The molecular weight excluding hydrogens is 579 g/mol. The summed E-state index contributed by atoms with van der Waals surface area (Å²) in [6.45, 7) is 2.22. The van der Waals surface area contributed by atoms with Gasteiger partial charge in [-0.05, 0) is 118 Å². The molecule has 1 heterocycles. The van der Waals surface area contributed by atoms with Gasteiger partial charge < -0.3 is 0 Å². The Morgan fingerprint density at radius 1 is 0.375 bits per heavy atom. The third-order valence-corrected chi connectivity index (χ3v) is 9.93. The predicted molar refractivity (Wildman–Crippen MR) is 205 cm³/mol. The first-order valence-corrected chi connectivity index (χ1v) is 16.8. The summed E-state index contributed by atoms with van der Waals surface area (Å²) in [5.41, 5.74) is 11.3. The molecule has 0 unspecified atom stereocenters. The van der Waals surface area contributed by atoms with Crippen LogP contribution in [0, 0.1) is 0 Å². The Bertz CT molecular complexity index is 2580. The van der Waals surface area contributed by atoms with Crippen LogP contribution < -0.4 is 0 Å². The Morgan fingerprint density at radius 3 is 1.54 bits per heavy atom. The van der Waals surface area contributed by atoms with Gasteiger partial charge in [0, 0.05) is 12.4 Å². The van der Waals surface area contributed by atoms with Gasteiger partial charge in [0.25, 0.3) is 0 Å². The second kappa shape index (κ2) is 11.6. The summed E-state index contributed by atoms with van der Waals surface area (Å²) >= 11 is 0. The van der Waals surface area contributed by atoms with Crippen LogP contribution in [0.4, 0.5) is 0 Å². The van der Waals surface area contributed by atoms with Crippen molar-refractivity contribution in [2.24, 2.45) is 0 Å². The first-order chi connectivity index (χ1) is 23.8. The molecule has 0 aliphatic heterocycles. The quantitative estimate of drug-likeness (QED) is 0.176. The van der Waals surface area contributed by atoms with Crippen molar-refractivity contribution in [1.29, 1.82) is 0 Å². The summed E-state index contributed by atoms with van der Waals surface area (Å²) in [5.74, 6) is 0. The fraction of sp³-hybridized carbons (Fsp3) is 0.0426. The molecule has 1 nitrogen and oxygen atoms in total. The molecule has 0 saturated carbocycles. The molecule has 0 aliphatic carbocycles. The van der Waals surface area contributed by atoms with Gasteiger partial charge in [-0.1, -0.05) is 146 Å². The van der Waals surface area contributed by atoms with Gasteiger partial charge in [0.15, 0.2) is 0 Å². The molecule has 0 radical (unpaired) electrons. The van der Waals surface area contributed by atoms with Crippen molar-refractivity contribution >= 4 is 43.1 Å². The molecule has 9 rings (SSSR count). The van der Waals surface area contributed by atoms with Crippen LogP contribution in [0.3, 0.4) is 0 Å². The minimum atomic E-state index is 1.04. The first-order valence-electron chi connectivity index (χ1n) is 16.8. The van der Waals surface area contributed by atoms with Gasteiger partial charge in [-0.25, -0.2) is 0 Å². The van der Waals surface area contributed by atoms with E-state index in [0.717, 1.165) is 6.42 Å². The standard InChI is InChI=1S/C47H33N/c1-2-31-17-18-36-30-37(24-23-35(36)29-31)46-42-9-3-5-11-44(42)47(45-12-6-4-10-43(45)46)41-16-8-14-39-38(13-7-15-40(39)41)34-21-19-32(20-22-34)33-25-27-48-28-26-33/h3-30H,2H2,1H3. The molecule has 0 spiro atoms. The van der Waals surface area contributed by atoms with Crippen LogP contribution in [-0.2, 0) is 6.42 Å². The number of benzene rings is 8. The zero-order valence-corrected chi connectivity index (χ0v) is 26.8. The van der Waals surface area contributed by atoms with E-state index in [4.69, 9.17) is 0 Å². The van der Waals surface area contributed by atoms with Crippen molar-refractivity contribution < 1.29 is 0 Å². The lowest BCUT2D eigenvalue weighted by molar-refractivity contribution is 1.15. The number of pyridine rings is 1. The second-order valence-corrected chi connectivity index (χ2v) is 12.6. The maximum Gasteiger partial charge on any atom is 0.0273 e. The number of fused-ring (bicyclic) bond motifs is 4. The van der Waals surface area contributed by atoms with Crippen LogP contribution in [0.5, 0.6) is 0 Å². The van der Waals surface area contributed by atoms with Gasteiger partial charge in [0.05, 0.1) is 0 Å². The molecule has 0 N–H and O–H groups in total. The molecule has 0 bridgehead atoms. The van der Waals surface area contributed by atoms with E-state index in [2.05, 4.69) is 170 Å². The summed E-state index contributed by atoms with van der Waals surface area (Å²) in [4.78, 5) is 4.18. The fourth-order valence-corrected chi connectivity index (χ4v) is 7.57. The molecule has 1 aromatic heterocycles. The number of aryl methyl sites for hydroxylation is 1. The first kappa shape index (κ1) is 28.2. The SMILES string of the molecule is CCc1ccc2cc(-c3c4ccccc4c(-c4cccc5c(-c6ccc(-c7ccncc7)cc6)cccc45)c4ccccc34)ccc2c1. The second-order valence-electron chi connectivity index (χ2n) is 12.6. The summed E-state index contributed by atoms with van der Waals surface area (Å²) in [5, 5.41) is 10.2. The van der Waals surface area contributed by atoms with Gasteiger partial charge in [-0.15, -0.1) is 0 Å². The van der Waals surface area contributed by atoms with Crippen molar-refractivity contribution in [3.63, 3.8) is 0 Å². The summed E-state index contributed by atoms with van der Waals surface area (Å²) in [6, 6.07) is 58.3. The largest absolute Gasteiger partial charge is 0.265 e. The van der Waals surface area contributed by atoms with E-state index in [1.165, 1.54) is 93.2 Å². The lowest BCUT2D eigenvalue weighted by Crippen LogP contribution is -1.92. The van der Waals surface area contributed by atoms with Gasteiger partial charge in [0.1, 0.15) is 0 Å². The van der Waals surface area contributed by atoms with Gasteiger partial charge in [-0.2, -0.15) is 0 Å². The highest BCUT2D eigenvalue weighted by atomic mass is 14.6. The van der Waals surface area contributed by atoms with Crippen LogP contribution in [0.1, 0.15) is 12.5 Å². The third kappa shape index (κ3) is 4.67. The Labute approximate surface area is 280 Å². The summed E-state index contributed by atoms with van der Waals surface area (Å²) in [6.07, 6.45) is 4.74. The highest BCUT2D eigenvalue weighted by molar-refractivity contribution is 6.24. The van der Waals surface area contributed by atoms with Gasteiger partial charge >= 0.3 is 0 Å². The van der Waals surface area contributed by atoms with Gasteiger partial charge in [-0.3, -0.25) is 4.98 Å². The molecule has 226 valence electrons. The van der Waals surface area contributed by atoms with Crippen molar-refractivity contribution in [2.75, 3.05) is 0 Å². The molecule has 48 heavy (non-hydrogen) atoms. The van der Waals surface area contributed by atoms with Crippen LogP contribution in [0.15, 0.2) is 170 Å². The molecule has 0 atom stereocenters. The molecule has 8 aromatic carbocycles. The average Bonchev–Trinajstić information content (AvgIpc) is 3.16. The van der Waals surface area contributed by atoms with Crippen molar-refractivity contribution in [1.82, 2.24) is 4.98 Å². The highest BCUT2D eigenvalue weighted by Gasteiger charge is 2.19. The zero-order chi connectivity index (χ0) is 32.0.